The monoisotopic (exact) mass is 214 g/mol. The molecule has 0 amide bonds. The Morgan fingerprint density at radius 3 is 2.40 bits per heavy atom. The van der Waals surface area contributed by atoms with E-state index in [2.05, 4.69) is 0 Å². The molecule has 5 heteroatoms. The van der Waals surface area contributed by atoms with Crippen molar-refractivity contribution in [3.8, 4) is 17.2 Å². The molecule has 0 aliphatic rings. The van der Waals surface area contributed by atoms with Crippen molar-refractivity contribution in [2.45, 2.75) is 6.92 Å². The number of carbonyl (C=O) groups is 1. The van der Waals surface area contributed by atoms with Gasteiger partial charge in [0, 0.05) is 0 Å². The number of ketones is 1. The van der Waals surface area contributed by atoms with Crippen molar-refractivity contribution in [2.75, 3.05) is 14.2 Å². The first-order valence-electron chi connectivity index (χ1n) is 4.17. The van der Waals surface area contributed by atoms with Crippen LogP contribution in [0.2, 0.25) is 0 Å². The summed E-state index contributed by atoms with van der Waals surface area (Å²) in [7, 11) is 2.56. The van der Waals surface area contributed by atoms with Crippen molar-refractivity contribution in [1.82, 2.24) is 0 Å². The minimum absolute atomic E-state index is 0.0676. The van der Waals surface area contributed by atoms with Gasteiger partial charge in [-0.05, 0) is 13.0 Å². The average Bonchev–Trinajstić information content (AvgIpc) is 2.21. The van der Waals surface area contributed by atoms with Gasteiger partial charge in [-0.1, -0.05) is 0 Å². The van der Waals surface area contributed by atoms with E-state index in [-0.39, 0.29) is 17.1 Å². The van der Waals surface area contributed by atoms with E-state index in [9.17, 15) is 14.3 Å². The smallest absolute Gasteiger partial charge is 0.211 e. The maximum atomic E-state index is 13.5. The molecule has 0 aliphatic heterocycles. The van der Waals surface area contributed by atoms with Crippen LogP contribution in [0.4, 0.5) is 4.39 Å². The van der Waals surface area contributed by atoms with E-state index in [4.69, 9.17) is 9.47 Å². The molecule has 1 N–H and O–H groups in total. The number of rotatable bonds is 3. The minimum atomic E-state index is -0.998. The number of aromatic hydroxyl groups is 1. The second-order valence-corrected chi connectivity index (χ2v) is 2.88. The van der Waals surface area contributed by atoms with Gasteiger partial charge >= 0.3 is 0 Å². The summed E-state index contributed by atoms with van der Waals surface area (Å²) in [5.74, 6) is -2.33. The van der Waals surface area contributed by atoms with Crippen LogP contribution < -0.4 is 9.47 Å². The van der Waals surface area contributed by atoms with E-state index in [1.54, 1.807) is 0 Å². The van der Waals surface area contributed by atoms with Gasteiger partial charge in [-0.15, -0.1) is 0 Å². The summed E-state index contributed by atoms with van der Waals surface area (Å²) in [5.41, 5.74) is -0.134. The zero-order valence-corrected chi connectivity index (χ0v) is 8.63. The lowest BCUT2D eigenvalue weighted by molar-refractivity contribution is 0.101. The Balaban J connectivity index is 3.49. The van der Waals surface area contributed by atoms with Crippen LogP contribution in [0.25, 0.3) is 0 Å². The van der Waals surface area contributed by atoms with Gasteiger partial charge in [0.2, 0.25) is 11.6 Å². The van der Waals surface area contributed by atoms with Gasteiger partial charge in [-0.2, -0.15) is 4.39 Å². The first-order valence-corrected chi connectivity index (χ1v) is 4.17. The molecule has 0 unspecified atom stereocenters. The number of ether oxygens (including phenoxy) is 2. The molecular weight excluding hydrogens is 203 g/mol. The summed E-state index contributed by atoms with van der Waals surface area (Å²) in [6.45, 7) is 1.22. The van der Waals surface area contributed by atoms with Crippen LogP contribution in [0.3, 0.4) is 0 Å². The van der Waals surface area contributed by atoms with Gasteiger partial charge in [-0.25, -0.2) is 0 Å². The number of methoxy groups -OCH3 is 2. The summed E-state index contributed by atoms with van der Waals surface area (Å²) in [4.78, 5) is 11.1. The fourth-order valence-corrected chi connectivity index (χ4v) is 1.21. The topological polar surface area (TPSA) is 55.8 Å². The van der Waals surface area contributed by atoms with Crippen molar-refractivity contribution in [3.05, 3.63) is 17.4 Å². The maximum absolute atomic E-state index is 13.5. The number of carbonyl (C=O) groups excluding carboxylic acids is 1. The summed E-state index contributed by atoms with van der Waals surface area (Å²) in [5, 5.41) is 9.37. The van der Waals surface area contributed by atoms with Crippen LogP contribution >= 0.6 is 0 Å². The largest absolute Gasteiger partial charge is 0.504 e. The number of hydrogen-bond acceptors (Lipinski definition) is 4. The second-order valence-electron chi connectivity index (χ2n) is 2.88. The Bertz CT molecular complexity index is 401. The third-order valence-corrected chi connectivity index (χ3v) is 1.96. The molecule has 15 heavy (non-hydrogen) atoms. The lowest BCUT2D eigenvalue weighted by Gasteiger charge is -2.11. The third kappa shape index (κ3) is 1.86. The minimum Gasteiger partial charge on any atom is -0.504 e. The Morgan fingerprint density at radius 1 is 1.40 bits per heavy atom. The van der Waals surface area contributed by atoms with Crippen LogP contribution in [0.5, 0.6) is 17.2 Å². The molecule has 1 rings (SSSR count). The standard InChI is InChI=1S/C10H11FO4/c1-5(12)6-4-7(14-2)10(15-3)8(11)9(6)13/h4,13H,1-3H3. The molecule has 82 valence electrons. The van der Waals surface area contributed by atoms with Gasteiger partial charge in [0.15, 0.2) is 17.3 Å². The summed E-state index contributed by atoms with van der Waals surface area (Å²) >= 11 is 0. The first kappa shape index (κ1) is 11.3. The fourth-order valence-electron chi connectivity index (χ4n) is 1.21. The molecule has 0 radical (unpaired) electrons. The van der Waals surface area contributed by atoms with Crippen molar-refractivity contribution in [3.63, 3.8) is 0 Å². The predicted molar refractivity (Wildman–Crippen MR) is 51.2 cm³/mol. The highest BCUT2D eigenvalue weighted by Crippen LogP contribution is 2.38. The van der Waals surface area contributed by atoms with Gasteiger partial charge in [0.05, 0.1) is 19.8 Å². The molecule has 0 aliphatic carbocycles. The third-order valence-electron chi connectivity index (χ3n) is 1.96. The molecule has 0 spiro atoms. The molecule has 1 aromatic rings. The average molecular weight is 214 g/mol. The molecule has 0 heterocycles. The van der Waals surface area contributed by atoms with E-state index in [1.165, 1.54) is 27.2 Å². The quantitative estimate of drug-likeness (QED) is 0.779. The number of phenolic OH excluding ortho intramolecular Hbond substituents is 1. The van der Waals surface area contributed by atoms with Gasteiger partial charge in [0.25, 0.3) is 0 Å². The van der Waals surface area contributed by atoms with Crippen LogP contribution in [0.15, 0.2) is 6.07 Å². The number of hydrogen-bond donors (Lipinski definition) is 1. The molecule has 0 saturated carbocycles. The van der Waals surface area contributed by atoms with Gasteiger partial charge in [-0.3, -0.25) is 4.79 Å². The Labute approximate surface area is 86.2 Å². The number of Topliss-reactive ketones (excluding diaryl/α,β-unsaturated/α-hetero) is 1. The van der Waals surface area contributed by atoms with Crippen LogP contribution in [-0.4, -0.2) is 25.1 Å². The Kier molecular flexibility index (Phi) is 3.14. The molecule has 1 aromatic carbocycles. The summed E-state index contributed by atoms with van der Waals surface area (Å²) < 4.78 is 23.0. The fraction of sp³-hybridized carbons (Fsp3) is 0.300. The maximum Gasteiger partial charge on any atom is 0.211 e. The Hall–Kier alpha value is -1.78. The van der Waals surface area contributed by atoms with E-state index in [0.29, 0.717) is 0 Å². The zero-order chi connectivity index (χ0) is 11.6. The molecule has 0 aromatic heterocycles. The van der Waals surface area contributed by atoms with Crippen molar-refractivity contribution in [1.29, 1.82) is 0 Å². The highest BCUT2D eigenvalue weighted by molar-refractivity contribution is 5.97. The van der Waals surface area contributed by atoms with Crippen molar-refractivity contribution in [2.24, 2.45) is 0 Å². The molecular formula is C10H11FO4. The predicted octanol–water partition coefficient (Wildman–Crippen LogP) is 1.75. The SMILES string of the molecule is COc1cc(C(C)=O)c(O)c(F)c1OC. The number of halogens is 1. The Morgan fingerprint density at radius 2 is 2.00 bits per heavy atom. The molecule has 0 atom stereocenters. The lowest BCUT2D eigenvalue weighted by atomic mass is 10.1. The molecule has 0 fully saturated rings. The molecule has 0 bridgehead atoms. The second kappa shape index (κ2) is 4.16. The van der Waals surface area contributed by atoms with E-state index in [0.717, 1.165) is 0 Å². The van der Waals surface area contributed by atoms with E-state index < -0.39 is 17.3 Å². The molecule has 0 saturated heterocycles. The van der Waals surface area contributed by atoms with Gasteiger partial charge < -0.3 is 14.6 Å². The van der Waals surface area contributed by atoms with Crippen molar-refractivity contribution < 1.29 is 23.8 Å². The normalized spacial score (nSPS) is 9.87. The summed E-state index contributed by atoms with van der Waals surface area (Å²) in [6, 6.07) is 1.24. The number of phenols is 1. The lowest BCUT2D eigenvalue weighted by Crippen LogP contribution is -2.00. The highest BCUT2D eigenvalue weighted by atomic mass is 19.1. The van der Waals surface area contributed by atoms with Crippen LogP contribution in [-0.2, 0) is 0 Å². The van der Waals surface area contributed by atoms with Crippen LogP contribution in [0.1, 0.15) is 17.3 Å². The molecule has 4 nitrogen and oxygen atoms in total. The van der Waals surface area contributed by atoms with E-state index >= 15 is 0 Å². The number of benzene rings is 1. The zero-order valence-electron chi connectivity index (χ0n) is 8.63. The van der Waals surface area contributed by atoms with Gasteiger partial charge in [0.1, 0.15) is 0 Å². The highest BCUT2D eigenvalue weighted by Gasteiger charge is 2.21. The van der Waals surface area contributed by atoms with Crippen LogP contribution in [0, 0.1) is 5.82 Å². The van der Waals surface area contributed by atoms with Crippen molar-refractivity contribution >= 4 is 5.78 Å². The first-order chi connectivity index (χ1) is 7.02. The van der Waals surface area contributed by atoms with E-state index in [1.807, 2.05) is 0 Å². The summed E-state index contributed by atoms with van der Waals surface area (Å²) in [6.07, 6.45) is 0.